The summed E-state index contributed by atoms with van der Waals surface area (Å²) in [7, 11) is -4.73. The Morgan fingerprint density at radius 1 is 1.26 bits per heavy atom. The maximum absolute atomic E-state index is 11.5. The van der Waals surface area contributed by atoms with Gasteiger partial charge in [-0.2, -0.15) is 8.42 Å². The molecule has 3 N–H and O–H groups in total. The Morgan fingerprint density at radius 2 is 1.79 bits per heavy atom. The number of phenols is 1. The Hall–Kier alpha value is -2.13. The topological polar surface area (TPSA) is 138 Å². The van der Waals surface area contributed by atoms with Crippen LogP contribution in [0.2, 0.25) is 0 Å². The fraction of sp³-hybridized carbons (Fsp3) is 0.200. The molecule has 9 heteroatoms. The molecule has 0 saturated carbocycles. The SMILES string of the molecule is CCOC(=O)c1cc(S(=O)(=O)O)cc(C(=O)O)c1O. The Balaban J connectivity index is 3.59. The van der Waals surface area contributed by atoms with Gasteiger partial charge in [0.05, 0.1) is 11.5 Å². The molecule has 1 aromatic carbocycles. The zero-order chi connectivity index (χ0) is 14.8. The minimum absolute atomic E-state index is 0.0587. The Kier molecular flexibility index (Phi) is 4.12. The van der Waals surface area contributed by atoms with Crippen molar-refractivity contribution in [2.45, 2.75) is 11.8 Å². The Labute approximate surface area is 108 Å². The number of ether oxygens (including phenoxy) is 1. The lowest BCUT2D eigenvalue weighted by Gasteiger charge is -2.08. The molecular formula is C10H10O8S. The zero-order valence-electron chi connectivity index (χ0n) is 9.65. The largest absolute Gasteiger partial charge is 0.506 e. The molecule has 0 aliphatic carbocycles. The van der Waals surface area contributed by atoms with Crippen molar-refractivity contribution in [1.29, 1.82) is 0 Å². The van der Waals surface area contributed by atoms with Crippen LogP contribution in [0.15, 0.2) is 17.0 Å². The molecule has 0 spiro atoms. The van der Waals surface area contributed by atoms with E-state index in [2.05, 4.69) is 4.74 Å². The molecule has 0 saturated heterocycles. The zero-order valence-corrected chi connectivity index (χ0v) is 10.5. The summed E-state index contributed by atoms with van der Waals surface area (Å²) in [5, 5.41) is 18.4. The van der Waals surface area contributed by atoms with Gasteiger partial charge in [0, 0.05) is 0 Å². The van der Waals surface area contributed by atoms with E-state index < -0.39 is 43.8 Å². The first-order chi connectivity index (χ1) is 8.68. The maximum Gasteiger partial charge on any atom is 0.341 e. The molecule has 104 valence electrons. The van der Waals surface area contributed by atoms with Crippen molar-refractivity contribution in [3.8, 4) is 5.75 Å². The van der Waals surface area contributed by atoms with Crippen molar-refractivity contribution in [3.63, 3.8) is 0 Å². The molecule has 0 aliphatic heterocycles. The van der Waals surface area contributed by atoms with Gasteiger partial charge in [0.15, 0.2) is 0 Å². The molecular weight excluding hydrogens is 280 g/mol. The second kappa shape index (κ2) is 5.24. The smallest absolute Gasteiger partial charge is 0.341 e. The van der Waals surface area contributed by atoms with E-state index in [1.165, 1.54) is 6.92 Å². The normalized spacial score (nSPS) is 11.1. The third-order valence-electron chi connectivity index (χ3n) is 2.11. The summed E-state index contributed by atoms with van der Waals surface area (Å²) in [6.07, 6.45) is 0. The van der Waals surface area contributed by atoms with Gasteiger partial charge in [-0.3, -0.25) is 4.55 Å². The average Bonchev–Trinajstić information content (AvgIpc) is 2.27. The van der Waals surface area contributed by atoms with Gasteiger partial charge in [-0.05, 0) is 19.1 Å². The number of aromatic carboxylic acids is 1. The van der Waals surface area contributed by atoms with Crippen LogP contribution in [0, 0.1) is 0 Å². The Bertz CT molecular complexity index is 631. The van der Waals surface area contributed by atoms with Crippen LogP contribution >= 0.6 is 0 Å². The van der Waals surface area contributed by atoms with Crippen molar-refractivity contribution in [3.05, 3.63) is 23.3 Å². The number of hydrogen-bond acceptors (Lipinski definition) is 6. The highest BCUT2D eigenvalue weighted by atomic mass is 32.2. The van der Waals surface area contributed by atoms with Crippen LogP contribution in [0.1, 0.15) is 27.6 Å². The molecule has 0 amide bonds. The number of aromatic hydroxyl groups is 1. The third kappa shape index (κ3) is 3.20. The molecule has 0 heterocycles. The van der Waals surface area contributed by atoms with Gasteiger partial charge in [-0.25, -0.2) is 9.59 Å². The fourth-order valence-corrected chi connectivity index (χ4v) is 1.82. The van der Waals surface area contributed by atoms with Crippen molar-refractivity contribution in [2.24, 2.45) is 0 Å². The van der Waals surface area contributed by atoms with Crippen molar-refractivity contribution >= 4 is 22.1 Å². The molecule has 0 bridgehead atoms. The van der Waals surface area contributed by atoms with Gasteiger partial charge in [0.2, 0.25) is 0 Å². The molecule has 0 fully saturated rings. The van der Waals surface area contributed by atoms with Crippen LogP contribution in [-0.4, -0.2) is 41.7 Å². The van der Waals surface area contributed by atoms with E-state index >= 15 is 0 Å². The molecule has 0 atom stereocenters. The number of carboxylic acids is 1. The van der Waals surface area contributed by atoms with Gasteiger partial charge in [0.1, 0.15) is 16.9 Å². The number of rotatable bonds is 4. The molecule has 0 aliphatic rings. The average molecular weight is 290 g/mol. The second-order valence-corrected chi connectivity index (χ2v) is 4.79. The van der Waals surface area contributed by atoms with E-state index in [-0.39, 0.29) is 6.61 Å². The fourth-order valence-electron chi connectivity index (χ4n) is 1.28. The van der Waals surface area contributed by atoms with Gasteiger partial charge in [0.25, 0.3) is 10.1 Å². The van der Waals surface area contributed by atoms with Crippen LogP contribution in [0.3, 0.4) is 0 Å². The molecule has 0 aromatic heterocycles. The van der Waals surface area contributed by atoms with Crippen molar-refractivity contribution in [2.75, 3.05) is 6.61 Å². The summed E-state index contributed by atoms with van der Waals surface area (Å²) in [6.45, 7) is 1.41. The van der Waals surface area contributed by atoms with E-state index in [1.807, 2.05) is 0 Å². The molecule has 1 aromatic rings. The number of benzene rings is 1. The molecule has 0 radical (unpaired) electrons. The summed E-state index contributed by atoms with van der Waals surface area (Å²) in [5.41, 5.74) is -1.49. The maximum atomic E-state index is 11.5. The first kappa shape index (κ1) is 14.9. The minimum Gasteiger partial charge on any atom is -0.506 e. The Morgan fingerprint density at radius 3 is 2.21 bits per heavy atom. The number of esters is 1. The number of carboxylic acid groups (broad SMARTS) is 1. The minimum atomic E-state index is -4.73. The summed E-state index contributed by atoms with van der Waals surface area (Å²) in [5.74, 6) is -3.69. The van der Waals surface area contributed by atoms with Crippen molar-refractivity contribution in [1.82, 2.24) is 0 Å². The number of carbonyl (C=O) groups excluding carboxylic acids is 1. The van der Waals surface area contributed by atoms with Gasteiger partial charge >= 0.3 is 11.9 Å². The summed E-state index contributed by atoms with van der Waals surface area (Å²) >= 11 is 0. The highest BCUT2D eigenvalue weighted by molar-refractivity contribution is 7.85. The van der Waals surface area contributed by atoms with Gasteiger partial charge in [-0.1, -0.05) is 0 Å². The summed E-state index contributed by atoms with van der Waals surface area (Å²) < 4.78 is 35.4. The van der Waals surface area contributed by atoms with Crippen LogP contribution in [0.4, 0.5) is 0 Å². The van der Waals surface area contributed by atoms with Crippen LogP contribution in [-0.2, 0) is 14.9 Å². The first-order valence-electron chi connectivity index (χ1n) is 4.93. The lowest BCUT2D eigenvalue weighted by Crippen LogP contribution is -2.11. The van der Waals surface area contributed by atoms with E-state index in [9.17, 15) is 23.1 Å². The van der Waals surface area contributed by atoms with Crippen LogP contribution in [0.25, 0.3) is 0 Å². The van der Waals surface area contributed by atoms with E-state index in [1.54, 1.807) is 0 Å². The molecule has 1 rings (SSSR count). The monoisotopic (exact) mass is 290 g/mol. The molecule has 19 heavy (non-hydrogen) atoms. The first-order valence-corrected chi connectivity index (χ1v) is 6.37. The lowest BCUT2D eigenvalue weighted by atomic mass is 10.1. The quantitative estimate of drug-likeness (QED) is 0.538. The second-order valence-electron chi connectivity index (χ2n) is 3.37. The van der Waals surface area contributed by atoms with E-state index in [0.29, 0.717) is 12.1 Å². The summed E-state index contributed by atoms with van der Waals surface area (Å²) in [6, 6.07) is 1.17. The van der Waals surface area contributed by atoms with Crippen molar-refractivity contribution < 1.29 is 37.5 Å². The number of hydrogen-bond donors (Lipinski definition) is 3. The lowest BCUT2D eigenvalue weighted by molar-refractivity contribution is 0.0522. The third-order valence-corrected chi connectivity index (χ3v) is 2.94. The van der Waals surface area contributed by atoms with Gasteiger partial charge < -0.3 is 14.9 Å². The van der Waals surface area contributed by atoms with Crippen LogP contribution in [0.5, 0.6) is 5.75 Å². The predicted molar refractivity (Wildman–Crippen MR) is 60.8 cm³/mol. The highest BCUT2D eigenvalue weighted by Crippen LogP contribution is 2.27. The standard InChI is InChI=1S/C10H10O8S/c1-2-18-10(14)7-4-5(19(15,16)17)3-6(8(7)11)9(12)13/h3-4,11H,2H2,1H3,(H,12,13)(H,15,16,17). The molecule has 8 nitrogen and oxygen atoms in total. The van der Waals surface area contributed by atoms with E-state index in [0.717, 1.165) is 0 Å². The number of carbonyl (C=O) groups is 2. The predicted octanol–water partition coefficient (Wildman–Crippen LogP) is 0.514. The van der Waals surface area contributed by atoms with Crippen LogP contribution < -0.4 is 0 Å². The summed E-state index contributed by atoms with van der Waals surface area (Å²) in [4.78, 5) is 21.5. The molecule has 0 unspecified atom stereocenters. The van der Waals surface area contributed by atoms with E-state index in [4.69, 9.17) is 9.66 Å². The van der Waals surface area contributed by atoms with Gasteiger partial charge in [-0.15, -0.1) is 0 Å². The highest BCUT2D eigenvalue weighted by Gasteiger charge is 2.24.